The van der Waals surface area contributed by atoms with Crippen LogP contribution in [-0.4, -0.2) is 18.0 Å². The molecule has 0 unspecified atom stereocenters. The van der Waals surface area contributed by atoms with Crippen molar-refractivity contribution < 1.29 is 12.8 Å². The van der Waals surface area contributed by atoms with Gasteiger partial charge in [0.05, 0.1) is 0 Å². The summed E-state index contributed by atoms with van der Waals surface area (Å²) in [6, 6.07) is 6.04. The fourth-order valence-corrected chi connectivity index (χ4v) is 2.58. The Morgan fingerprint density at radius 1 is 1.30 bits per heavy atom. The molecule has 0 aliphatic carbocycles. The molecule has 1 heterocycles. The van der Waals surface area contributed by atoms with Crippen molar-refractivity contribution in [3.63, 3.8) is 0 Å². The van der Waals surface area contributed by atoms with Gasteiger partial charge in [0.15, 0.2) is 5.03 Å². The molecule has 0 fully saturated rings. The van der Waals surface area contributed by atoms with Crippen molar-refractivity contribution in [3.8, 4) is 0 Å². The van der Waals surface area contributed by atoms with Crippen molar-refractivity contribution >= 4 is 19.7 Å². The molecule has 0 saturated carbocycles. The van der Waals surface area contributed by atoms with E-state index >= 15 is 0 Å². The van der Waals surface area contributed by atoms with Gasteiger partial charge in [-0.15, -0.1) is 0 Å². The first-order chi connectivity index (χ1) is 9.40. The van der Waals surface area contributed by atoms with Gasteiger partial charge in [0, 0.05) is 29.8 Å². The van der Waals surface area contributed by atoms with E-state index in [4.69, 9.17) is 10.7 Å². The van der Waals surface area contributed by atoms with E-state index in [1.807, 2.05) is 6.92 Å². The molecule has 0 amide bonds. The first-order valence-corrected chi connectivity index (χ1v) is 8.46. The van der Waals surface area contributed by atoms with Gasteiger partial charge in [0.25, 0.3) is 9.05 Å². The van der Waals surface area contributed by atoms with Crippen molar-refractivity contribution in [1.29, 1.82) is 0 Å². The highest BCUT2D eigenvalue weighted by molar-refractivity contribution is 8.13. The molecule has 108 valence electrons. The zero-order chi connectivity index (χ0) is 14.8. The first kappa shape index (κ1) is 15.0. The van der Waals surface area contributed by atoms with Crippen molar-refractivity contribution in [2.75, 3.05) is 0 Å². The molecule has 1 aromatic heterocycles. The van der Waals surface area contributed by atoms with Gasteiger partial charge in [-0.2, -0.15) is 0 Å². The maximum Gasteiger partial charge on any atom is 0.280 e. The number of hydrogen-bond acceptors (Lipinski definition) is 3. The number of nitrogens with zero attached hydrogens (tertiary/aromatic N) is 2. The zero-order valence-corrected chi connectivity index (χ0v) is 12.5. The Hall–Kier alpha value is -1.40. The Morgan fingerprint density at radius 2 is 1.95 bits per heavy atom. The summed E-state index contributed by atoms with van der Waals surface area (Å²) >= 11 is 0. The summed E-state index contributed by atoms with van der Waals surface area (Å²) in [5.74, 6) is 0.341. The van der Waals surface area contributed by atoms with Gasteiger partial charge in [-0.3, -0.25) is 0 Å². The number of benzene rings is 1. The van der Waals surface area contributed by atoms with Crippen LogP contribution in [0.1, 0.15) is 24.7 Å². The Balaban J connectivity index is 2.34. The van der Waals surface area contributed by atoms with Crippen LogP contribution in [0.3, 0.4) is 0 Å². The predicted octanol–water partition coefficient (Wildman–Crippen LogP) is 2.95. The summed E-state index contributed by atoms with van der Waals surface area (Å²) in [7, 11) is 1.47. The highest BCUT2D eigenvalue weighted by atomic mass is 35.7. The molecule has 1 aromatic carbocycles. The lowest BCUT2D eigenvalue weighted by atomic mass is 10.2. The van der Waals surface area contributed by atoms with E-state index in [9.17, 15) is 12.8 Å². The molecular weight excluding hydrogens is 303 g/mol. The highest BCUT2D eigenvalue weighted by Crippen LogP contribution is 2.17. The van der Waals surface area contributed by atoms with Crippen LogP contribution >= 0.6 is 10.7 Å². The monoisotopic (exact) mass is 316 g/mol. The van der Waals surface area contributed by atoms with Crippen molar-refractivity contribution in [2.24, 2.45) is 0 Å². The van der Waals surface area contributed by atoms with Crippen LogP contribution in [0, 0.1) is 5.82 Å². The summed E-state index contributed by atoms with van der Waals surface area (Å²) in [5, 5.41) is -0.148. The zero-order valence-electron chi connectivity index (χ0n) is 10.9. The lowest BCUT2D eigenvalue weighted by molar-refractivity contribution is 0.606. The fraction of sp³-hybridized carbons (Fsp3) is 0.308. The van der Waals surface area contributed by atoms with Gasteiger partial charge in [0.1, 0.15) is 11.6 Å². The fourth-order valence-electron chi connectivity index (χ4n) is 1.89. The van der Waals surface area contributed by atoms with Gasteiger partial charge < -0.3 is 4.57 Å². The number of rotatable bonds is 5. The SMILES string of the molecule is CCCc1nc(S(=O)(=O)Cl)cn1Cc1ccc(F)cc1. The van der Waals surface area contributed by atoms with Gasteiger partial charge in [-0.25, -0.2) is 17.8 Å². The molecule has 0 N–H and O–H groups in total. The van der Waals surface area contributed by atoms with E-state index in [-0.39, 0.29) is 10.8 Å². The van der Waals surface area contributed by atoms with Crippen LogP contribution in [0.5, 0.6) is 0 Å². The molecule has 7 heteroatoms. The number of imidazole rings is 1. The van der Waals surface area contributed by atoms with Crippen LogP contribution < -0.4 is 0 Å². The minimum Gasteiger partial charge on any atom is -0.329 e. The van der Waals surface area contributed by atoms with Gasteiger partial charge in [-0.1, -0.05) is 19.1 Å². The third-order valence-corrected chi connectivity index (χ3v) is 4.00. The molecule has 0 aliphatic heterocycles. The number of aryl methyl sites for hydroxylation is 1. The summed E-state index contributed by atoms with van der Waals surface area (Å²) in [4.78, 5) is 4.05. The highest BCUT2D eigenvalue weighted by Gasteiger charge is 2.17. The van der Waals surface area contributed by atoms with Gasteiger partial charge in [-0.05, 0) is 24.1 Å². The smallest absolute Gasteiger partial charge is 0.280 e. The van der Waals surface area contributed by atoms with E-state index in [1.165, 1.54) is 18.3 Å². The van der Waals surface area contributed by atoms with Crippen molar-refractivity contribution in [3.05, 3.63) is 47.7 Å². The van der Waals surface area contributed by atoms with Crippen LogP contribution in [0.15, 0.2) is 35.5 Å². The molecule has 2 rings (SSSR count). The second-order valence-corrected chi connectivity index (χ2v) is 6.95. The third-order valence-electron chi connectivity index (χ3n) is 2.83. The van der Waals surface area contributed by atoms with E-state index in [1.54, 1.807) is 16.7 Å². The molecule has 2 aromatic rings. The molecule has 0 bridgehead atoms. The lowest BCUT2D eigenvalue weighted by Crippen LogP contribution is -2.04. The average Bonchev–Trinajstić information content (AvgIpc) is 2.76. The number of halogens is 2. The quantitative estimate of drug-likeness (QED) is 0.797. The maximum atomic E-state index is 12.9. The average molecular weight is 317 g/mol. The summed E-state index contributed by atoms with van der Waals surface area (Å²) in [6.07, 6.45) is 2.90. The normalized spacial score (nSPS) is 11.8. The first-order valence-electron chi connectivity index (χ1n) is 6.15. The second-order valence-electron chi connectivity index (χ2n) is 4.44. The van der Waals surface area contributed by atoms with Gasteiger partial charge in [0.2, 0.25) is 0 Å². The number of hydrogen-bond donors (Lipinski definition) is 0. The van der Waals surface area contributed by atoms with E-state index in [2.05, 4.69) is 4.98 Å². The summed E-state index contributed by atoms with van der Waals surface area (Å²) in [6.45, 7) is 2.40. The largest absolute Gasteiger partial charge is 0.329 e. The number of aromatic nitrogens is 2. The third kappa shape index (κ3) is 3.58. The minimum absolute atomic E-state index is 0.148. The predicted molar refractivity (Wildman–Crippen MR) is 74.8 cm³/mol. The van der Waals surface area contributed by atoms with Crippen LogP contribution in [-0.2, 0) is 22.0 Å². The minimum atomic E-state index is -3.84. The summed E-state index contributed by atoms with van der Waals surface area (Å²) in [5.41, 5.74) is 0.861. The lowest BCUT2D eigenvalue weighted by Gasteiger charge is -2.06. The van der Waals surface area contributed by atoms with Crippen molar-refractivity contribution in [2.45, 2.75) is 31.3 Å². The standard InChI is InChI=1S/C13H14ClFN2O2S/c1-2-3-12-16-13(20(14,18)19)9-17(12)8-10-4-6-11(15)7-5-10/h4-7,9H,2-3,8H2,1H3. The molecule has 0 aliphatic rings. The molecule has 20 heavy (non-hydrogen) atoms. The Morgan fingerprint density at radius 3 is 2.50 bits per heavy atom. The Kier molecular flexibility index (Phi) is 4.45. The van der Waals surface area contributed by atoms with Crippen molar-refractivity contribution in [1.82, 2.24) is 9.55 Å². The van der Waals surface area contributed by atoms with E-state index < -0.39 is 9.05 Å². The Labute approximate surface area is 121 Å². The van der Waals surface area contributed by atoms with Crippen LogP contribution in [0.2, 0.25) is 0 Å². The topological polar surface area (TPSA) is 52.0 Å². The van der Waals surface area contributed by atoms with E-state index in [0.29, 0.717) is 18.8 Å². The summed E-state index contributed by atoms with van der Waals surface area (Å²) < 4.78 is 37.3. The molecule has 0 radical (unpaired) electrons. The molecular formula is C13H14ClFN2O2S. The van der Waals surface area contributed by atoms with E-state index in [0.717, 1.165) is 12.0 Å². The van der Waals surface area contributed by atoms with Crippen LogP contribution in [0.25, 0.3) is 0 Å². The Bertz CT molecular complexity index is 696. The molecule has 0 atom stereocenters. The molecule has 0 saturated heterocycles. The maximum absolute atomic E-state index is 12.9. The second kappa shape index (κ2) is 5.93. The van der Waals surface area contributed by atoms with Crippen LogP contribution in [0.4, 0.5) is 4.39 Å². The van der Waals surface area contributed by atoms with Gasteiger partial charge >= 0.3 is 0 Å². The molecule has 4 nitrogen and oxygen atoms in total. The molecule has 0 spiro atoms.